The van der Waals surface area contributed by atoms with Crippen LogP contribution in [0.1, 0.15) is 55.6 Å². The summed E-state index contributed by atoms with van der Waals surface area (Å²) in [5.74, 6) is 1.71. The average Bonchev–Trinajstić information content (AvgIpc) is 2.92. The van der Waals surface area contributed by atoms with Gasteiger partial charge in [-0.05, 0) is 58.4 Å². The van der Waals surface area contributed by atoms with Crippen molar-refractivity contribution in [1.82, 2.24) is 19.8 Å². The van der Waals surface area contributed by atoms with Crippen molar-refractivity contribution >= 4 is 12.2 Å². The lowest BCUT2D eigenvalue weighted by Gasteiger charge is -2.27. The van der Waals surface area contributed by atoms with Crippen LogP contribution < -0.4 is 0 Å². The van der Waals surface area contributed by atoms with Gasteiger partial charge in [-0.1, -0.05) is 25.1 Å². The van der Waals surface area contributed by atoms with Crippen molar-refractivity contribution in [3.8, 4) is 0 Å². The maximum Gasteiger partial charge on any atom is 0.130 e. The van der Waals surface area contributed by atoms with E-state index in [0.717, 1.165) is 30.1 Å². The predicted octanol–water partition coefficient (Wildman–Crippen LogP) is 3.11. The normalized spacial score (nSPS) is 26.1. The highest BCUT2D eigenvalue weighted by Crippen LogP contribution is 2.33. The number of aromatic amines is 1. The van der Waals surface area contributed by atoms with Crippen molar-refractivity contribution in [1.29, 1.82) is 0 Å². The van der Waals surface area contributed by atoms with Gasteiger partial charge in [0.2, 0.25) is 0 Å². The lowest BCUT2D eigenvalue weighted by molar-refractivity contribution is 0.219. The fourth-order valence-electron chi connectivity index (χ4n) is 3.68. The van der Waals surface area contributed by atoms with Crippen molar-refractivity contribution in [2.75, 3.05) is 33.7 Å². The Balaban J connectivity index is 1.91. The molecule has 1 unspecified atom stereocenters. The molecule has 4 nitrogen and oxygen atoms in total. The maximum absolute atomic E-state index is 5.43. The molecule has 5 heteroatoms. The minimum absolute atomic E-state index is 0.320. The molecule has 1 N–H and O–H groups in total. The first kappa shape index (κ1) is 15.1. The number of aromatic nitrogens is 2. The summed E-state index contributed by atoms with van der Waals surface area (Å²) < 4.78 is 0.742. The van der Waals surface area contributed by atoms with Crippen LogP contribution in [0.2, 0.25) is 0 Å². The Kier molecular flexibility index (Phi) is 4.72. The standard InChI is InChI=1S/C16H26N4S/c1-19-8-5-9-20(2)14(11-19)16-17-13(10-15(21)18-16)12-6-3-4-7-12/h10,12,14H,3-9,11H2,1-2H3,(H,17,18,21). The van der Waals surface area contributed by atoms with E-state index in [1.165, 1.54) is 37.8 Å². The first-order valence-electron chi connectivity index (χ1n) is 8.13. The van der Waals surface area contributed by atoms with Crippen LogP contribution in [-0.4, -0.2) is 53.5 Å². The molecular weight excluding hydrogens is 280 g/mol. The van der Waals surface area contributed by atoms with Crippen molar-refractivity contribution in [3.05, 3.63) is 22.2 Å². The molecule has 21 heavy (non-hydrogen) atoms. The van der Waals surface area contributed by atoms with Crippen LogP contribution in [0.4, 0.5) is 0 Å². The molecule has 0 amide bonds. The Morgan fingerprint density at radius 2 is 1.95 bits per heavy atom. The molecule has 1 aliphatic carbocycles. The van der Waals surface area contributed by atoms with E-state index in [0.29, 0.717) is 12.0 Å². The molecule has 1 saturated heterocycles. The lowest BCUT2D eigenvalue weighted by Crippen LogP contribution is -2.32. The molecule has 1 atom stereocenters. The molecule has 116 valence electrons. The minimum atomic E-state index is 0.320. The van der Waals surface area contributed by atoms with Gasteiger partial charge in [0.25, 0.3) is 0 Å². The third-order valence-electron chi connectivity index (χ3n) is 4.96. The van der Waals surface area contributed by atoms with Crippen LogP contribution in [0.15, 0.2) is 6.07 Å². The molecule has 0 radical (unpaired) electrons. The van der Waals surface area contributed by atoms with Gasteiger partial charge in [0, 0.05) is 12.2 Å². The van der Waals surface area contributed by atoms with Gasteiger partial charge in [0.1, 0.15) is 10.5 Å². The summed E-state index contributed by atoms with van der Waals surface area (Å²) in [6.07, 6.45) is 6.47. The second-order valence-electron chi connectivity index (χ2n) is 6.65. The smallest absolute Gasteiger partial charge is 0.130 e. The average molecular weight is 306 g/mol. The minimum Gasteiger partial charge on any atom is -0.345 e. The summed E-state index contributed by atoms with van der Waals surface area (Å²) in [7, 11) is 4.40. The quantitative estimate of drug-likeness (QED) is 0.852. The largest absolute Gasteiger partial charge is 0.345 e. The monoisotopic (exact) mass is 306 g/mol. The van der Waals surface area contributed by atoms with Gasteiger partial charge in [-0.3, -0.25) is 4.90 Å². The molecule has 0 bridgehead atoms. The second-order valence-corrected chi connectivity index (χ2v) is 7.07. The van der Waals surface area contributed by atoms with E-state index in [9.17, 15) is 0 Å². The fourth-order valence-corrected chi connectivity index (χ4v) is 3.90. The SMILES string of the molecule is CN1CCCN(C)C(c2nc(=S)cc(C3CCCC3)[nH]2)C1. The van der Waals surface area contributed by atoms with Crippen LogP contribution in [0.5, 0.6) is 0 Å². The molecule has 0 aromatic carbocycles. The Bertz CT molecular complexity index is 535. The number of hydrogen-bond acceptors (Lipinski definition) is 4. The van der Waals surface area contributed by atoms with Crippen LogP contribution in [0.25, 0.3) is 0 Å². The zero-order valence-electron chi connectivity index (χ0n) is 13.1. The number of likely N-dealkylation sites (N-methyl/N-ethyl adjacent to an activating group) is 2. The Hall–Kier alpha value is -0.780. The Labute approximate surface area is 132 Å². The highest BCUT2D eigenvalue weighted by Gasteiger charge is 2.25. The van der Waals surface area contributed by atoms with Gasteiger partial charge in [-0.15, -0.1) is 0 Å². The number of H-pyrrole nitrogens is 1. The molecular formula is C16H26N4S. The Morgan fingerprint density at radius 3 is 2.71 bits per heavy atom. The first-order valence-corrected chi connectivity index (χ1v) is 8.54. The summed E-state index contributed by atoms with van der Waals surface area (Å²) in [4.78, 5) is 13.1. The van der Waals surface area contributed by atoms with Gasteiger partial charge < -0.3 is 9.88 Å². The maximum atomic E-state index is 5.43. The topological polar surface area (TPSA) is 35.2 Å². The van der Waals surface area contributed by atoms with E-state index < -0.39 is 0 Å². The summed E-state index contributed by atoms with van der Waals surface area (Å²) in [6.45, 7) is 3.29. The first-order chi connectivity index (χ1) is 10.1. The molecule has 0 spiro atoms. The van der Waals surface area contributed by atoms with Gasteiger partial charge in [-0.2, -0.15) is 0 Å². The molecule has 1 aromatic heterocycles. The van der Waals surface area contributed by atoms with E-state index in [2.05, 4.69) is 39.9 Å². The number of nitrogens with zero attached hydrogens (tertiary/aromatic N) is 3. The summed E-state index contributed by atoms with van der Waals surface area (Å²) in [5, 5.41) is 0. The van der Waals surface area contributed by atoms with E-state index in [1.54, 1.807) is 0 Å². The van der Waals surface area contributed by atoms with Crippen molar-refractivity contribution in [2.45, 2.75) is 44.1 Å². The van der Waals surface area contributed by atoms with Crippen molar-refractivity contribution < 1.29 is 0 Å². The summed E-state index contributed by atoms with van der Waals surface area (Å²) in [6, 6.07) is 2.40. The molecule has 3 rings (SSSR count). The highest BCUT2D eigenvalue weighted by atomic mass is 32.1. The third kappa shape index (κ3) is 3.52. The van der Waals surface area contributed by atoms with Crippen molar-refractivity contribution in [3.63, 3.8) is 0 Å². The number of nitrogens with one attached hydrogen (secondary N) is 1. The molecule has 1 saturated carbocycles. The molecule has 2 fully saturated rings. The van der Waals surface area contributed by atoms with Crippen LogP contribution in [0, 0.1) is 4.64 Å². The zero-order valence-corrected chi connectivity index (χ0v) is 14.0. The summed E-state index contributed by atoms with van der Waals surface area (Å²) >= 11 is 5.43. The third-order valence-corrected chi connectivity index (χ3v) is 5.17. The van der Waals surface area contributed by atoms with E-state index >= 15 is 0 Å². The van der Waals surface area contributed by atoms with Gasteiger partial charge in [0.15, 0.2) is 0 Å². The van der Waals surface area contributed by atoms with Gasteiger partial charge >= 0.3 is 0 Å². The van der Waals surface area contributed by atoms with Gasteiger partial charge in [0.05, 0.1) is 6.04 Å². The fraction of sp³-hybridized carbons (Fsp3) is 0.750. The van der Waals surface area contributed by atoms with Crippen molar-refractivity contribution in [2.24, 2.45) is 0 Å². The van der Waals surface area contributed by atoms with E-state index in [-0.39, 0.29) is 0 Å². The van der Waals surface area contributed by atoms with E-state index in [4.69, 9.17) is 12.2 Å². The highest BCUT2D eigenvalue weighted by molar-refractivity contribution is 7.71. The molecule has 1 aliphatic heterocycles. The van der Waals surface area contributed by atoms with E-state index in [1.807, 2.05) is 0 Å². The molecule has 2 aliphatic rings. The summed E-state index contributed by atoms with van der Waals surface area (Å²) in [5.41, 5.74) is 1.31. The zero-order chi connectivity index (χ0) is 14.8. The second kappa shape index (κ2) is 6.55. The molecule has 2 heterocycles. The predicted molar refractivity (Wildman–Crippen MR) is 88.1 cm³/mol. The van der Waals surface area contributed by atoms with Crippen LogP contribution in [-0.2, 0) is 0 Å². The molecule has 1 aromatic rings. The number of hydrogen-bond donors (Lipinski definition) is 1. The number of rotatable bonds is 2. The Morgan fingerprint density at radius 1 is 1.19 bits per heavy atom. The van der Waals surface area contributed by atoms with Crippen LogP contribution in [0.3, 0.4) is 0 Å². The lowest BCUT2D eigenvalue weighted by atomic mass is 10.0. The van der Waals surface area contributed by atoms with Crippen LogP contribution >= 0.6 is 12.2 Å². The van der Waals surface area contributed by atoms with Gasteiger partial charge in [-0.25, -0.2) is 4.98 Å².